The summed E-state index contributed by atoms with van der Waals surface area (Å²) in [6.45, 7) is 3.52. The van der Waals surface area contributed by atoms with E-state index in [4.69, 9.17) is 20.9 Å². The number of aromatic nitrogens is 4. The maximum atomic E-state index is 12.1. The van der Waals surface area contributed by atoms with Gasteiger partial charge in [-0.3, -0.25) is 4.90 Å². The third-order valence-corrected chi connectivity index (χ3v) is 4.87. The molecule has 1 aliphatic rings. The van der Waals surface area contributed by atoms with E-state index in [0.29, 0.717) is 22.6 Å². The van der Waals surface area contributed by atoms with E-state index >= 15 is 0 Å². The van der Waals surface area contributed by atoms with Crippen molar-refractivity contribution in [2.75, 3.05) is 16.8 Å². The van der Waals surface area contributed by atoms with Gasteiger partial charge in [-0.1, -0.05) is 16.8 Å². The van der Waals surface area contributed by atoms with Gasteiger partial charge in [-0.15, -0.1) is 0 Å². The summed E-state index contributed by atoms with van der Waals surface area (Å²) >= 11 is 5.90. The van der Waals surface area contributed by atoms with Crippen molar-refractivity contribution in [1.29, 1.82) is 0 Å². The summed E-state index contributed by atoms with van der Waals surface area (Å²) in [5.41, 5.74) is 0.750. The Hall–Kier alpha value is -3.24. The second-order valence-corrected chi connectivity index (χ2v) is 7.26. The number of anilines is 2. The summed E-state index contributed by atoms with van der Waals surface area (Å²) in [7, 11) is 0. The maximum absolute atomic E-state index is 12.1. The SMILES string of the molecule is C[C@@H](Nc1nccc(N2C(=O)OC[C@@H]2[C@@H](C)O)n1)c1noc(-c2ccc(Cl)cc2)n1. The van der Waals surface area contributed by atoms with E-state index in [1.165, 1.54) is 11.1 Å². The minimum absolute atomic E-state index is 0.0933. The van der Waals surface area contributed by atoms with Crippen LogP contribution in [0.5, 0.6) is 0 Å². The monoisotopic (exact) mass is 430 g/mol. The Bertz CT molecular complexity index is 1040. The molecule has 11 heteroatoms. The molecule has 2 N–H and O–H groups in total. The summed E-state index contributed by atoms with van der Waals surface area (Å²) in [6, 6.07) is 7.75. The lowest BCUT2D eigenvalue weighted by Crippen LogP contribution is -2.41. The topological polar surface area (TPSA) is 127 Å². The van der Waals surface area contributed by atoms with Gasteiger partial charge in [-0.2, -0.15) is 9.97 Å². The molecule has 0 aliphatic carbocycles. The number of ether oxygens (including phenoxy) is 1. The molecule has 1 saturated heterocycles. The third kappa shape index (κ3) is 4.05. The molecule has 1 aromatic carbocycles. The molecule has 1 amide bonds. The number of aliphatic hydroxyl groups is 1. The Labute approximate surface area is 176 Å². The molecule has 0 bridgehead atoms. The van der Waals surface area contributed by atoms with Crippen molar-refractivity contribution in [3.8, 4) is 11.5 Å². The molecule has 3 atom stereocenters. The zero-order chi connectivity index (χ0) is 21.3. The molecule has 30 heavy (non-hydrogen) atoms. The summed E-state index contributed by atoms with van der Waals surface area (Å²) < 4.78 is 10.4. The maximum Gasteiger partial charge on any atom is 0.416 e. The van der Waals surface area contributed by atoms with Gasteiger partial charge in [-0.25, -0.2) is 9.78 Å². The Morgan fingerprint density at radius 1 is 1.23 bits per heavy atom. The van der Waals surface area contributed by atoms with Crippen molar-refractivity contribution in [3.63, 3.8) is 0 Å². The second kappa shape index (κ2) is 8.25. The predicted octanol–water partition coefficient (Wildman–Crippen LogP) is 3.06. The van der Waals surface area contributed by atoms with Crippen LogP contribution < -0.4 is 10.2 Å². The number of carbonyl (C=O) groups excluding carboxylic acids is 1. The standard InChI is InChI=1S/C19H19ClN6O4/c1-10(16-24-17(30-25-16)12-3-5-13(20)6-4-12)22-18-21-8-7-15(23-18)26-14(11(2)27)9-29-19(26)28/h3-8,10-11,14,27H,9H2,1-2H3,(H,21,22,23)/t10-,11-,14-/m1/s1. The van der Waals surface area contributed by atoms with E-state index in [1.807, 2.05) is 6.92 Å². The number of halogens is 1. The van der Waals surface area contributed by atoms with Crippen molar-refractivity contribution in [2.24, 2.45) is 0 Å². The Balaban J connectivity index is 1.50. The number of carbonyl (C=O) groups is 1. The highest BCUT2D eigenvalue weighted by Gasteiger charge is 2.38. The minimum Gasteiger partial charge on any atom is -0.447 e. The zero-order valence-electron chi connectivity index (χ0n) is 16.2. The van der Waals surface area contributed by atoms with E-state index in [9.17, 15) is 9.90 Å². The van der Waals surface area contributed by atoms with Crippen LogP contribution >= 0.6 is 11.6 Å². The number of nitrogens with one attached hydrogen (secondary N) is 1. The third-order valence-electron chi connectivity index (χ3n) is 4.62. The first-order valence-electron chi connectivity index (χ1n) is 9.25. The molecule has 1 fully saturated rings. The van der Waals surface area contributed by atoms with Gasteiger partial charge in [-0.05, 0) is 44.2 Å². The van der Waals surface area contributed by atoms with Gasteiger partial charge in [0.05, 0.1) is 12.1 Å². The normalized spacial score (nSPS) is 18.2. The molecule has 4 rings (SSSR count). The smallest absolute Gasteiger partial charge is 0.416 e. The van der Waals surface area contributed by atoms with Gasteiger partial charge in [0.2, 0.25) is 5.95 Å². The largest absolute Gasteiger partial charge is 0.447 e. The lowest BCUT2D eigenvalue weighted by atomic mass is 10.2. The molecule has 0 unspecified atom stereocenters. The van der Waals surface area contributed by atoms with Crippen LogP contribution in [0, 0.1) is 0 Å². The number of aliphatic hydroxyl groups excluding tert-OH is 1. The first-order chi connectivity index (χ1) is 14.4. The number of nitrogens with zero attached hydrogens (tertiary/aromatic N) is 5. The fourth-order valence-corrected chi connectivity index (χ4v) is 3.11. The molecular weight excluding hydrogens is 412 g/mol. The van der Waals surface area contributed by atoms with Crippen molar-refractivity contribution in [3.05, 3.63) is 47.4 Å². The van der Waals surface area contributed by atoms with Crippen molar-refractivity contribution >= 4 is 29.5 Å². The first kappa shape index (κ1) is 20.0. The number of benzene rings is 1. The summed E-state index contributed by atoms with van der Waals surface area (Å²) in [6.07, 6.45) is 0.175. The van der Waals surface area contributed by atoms with Crippen LogP contribution in [-0.2, 0) is 4.74 Å². The molecular formula is C19H19ClN6O4. The van der Waals surface area contributed by atoms with Crippen molar-refractivity contribution in [1.82, 2.24) is 20.1 Å². The fraction of sp³-hybridized carbons (Fsp3) is 0.316. The zero-order valence-corrected chi connectivity index (χ0v) is 16.9. The van der Waals surface area contributed by atoms with E-state index in [-0.39, 0.29) is 18.6 Å². The molecule has 1 aliphatic heterocycles. The molecule has 0 spiro atoms. The van der Waals surface area contributed by atoms with Gasteiger partial charge in [0.1, 0.15) is 18.5 Å². The average Bonchev–Trinajstić information content (AvgIpc) is 3.36. The summed E-state index contributed by atoms with van der Waals surface area (Å²) in [5, 5.41) is 17.6. The quantitative estimate of drug-likeness (QED) is 0.606. The van der Waals surface area contributed by atoms with E-state index in [2.05, 4.69) is 25.4 Å². The predicted molar refractivity (Wildman–Crippen MR) is 108 cm³/mol. The lowest BCUT2D eigenvalue weighted by molar-refractivity contribution is 0.142. The molecule has 0 saturated carbocycles. The highest BCUT2D eigenvalue weighted by Crippen LogP contribution is 2.25. The first-order valence-corrected chi connectivity index (χ1v) is 9.63. The Morgan fingerprint density at radius 2 is 2.00 bits per heavy atom. The van der Waals surface area contributed by atoms with Gasteiger partial charge in [0.25, 0.3) is 5.89 Å². The second-order valence-electron chi connectivity index (χ2n) is 6.82. The highest BCUT2D eigenvalue weighted by molar-refractivity contribution is 6.30. The molecule has 2 aromatic heterocycles. The van der Waals surface area contributed by atoms with Gasteiger partial charge in [0.15, 0.2) is 5.82 Å². The van der Waals surface area contributed by atoms with Gasteiger partial charge < -0.3 is 19.7 Å². The average molecular weight is 431 g/mol. The molecule has 0 radical (unpaired) electrons. The lowest BCUT2D eigenvalue weighted by Gasteiger charge is -2.22. The number of hydrogen-bond donors (Lipinski definition) is 2. The van der Waals surface area contributed by atoms with Crippen LogP contribution in [0.1, 0.15) is 25.7 Å². The van der Waals surface area contributed by atoms with Crippen LogP contribution in [0.4, 0.5) is 16.6 Å². The molecule has 3 heterocycles. The molecule has 10 nitrogen and oxygen atoms in total. The van der Waals surface area contributed by atoms with Crippen LogP contribution in [0.25, 0.3) is 11.5 Å². The Kier molecular flexibility index (Phi) is 5.51. The van der Waals surface area contributed by atoms with Crippen LogP contribution in [0.2, 0.25) is 5.02 Å². The summed E-state index contributed by atoms with van der Waals surface area (Å²) in [4.78, 5) is 26.3. The van der Waals surface area contributed by atoms with E-state index in [0.717, 1.165) is 5.56 Å². The highest BCUT2D eigenvalue weighted by atomic mass is 35.5. The number of rotatable bonds is 6. The fourth-order valence-electron chi connectivity index (χ4n) is 2.99. The van der Waals surface area contributed by atoms with E-state index < -0.39 is 18.2 Å². The van der Waals surface area contributed by atoms with Crippen LogP contribution in [-0.4, -0.2) is 50.1 Å². The van der Waals surface area contributed by atoms with Gasteiger partial charge in [0, 0.05) is 16.8 Å². The van der Waals surface area contributed by atoms with Crippen molar-refractivity contribution < 1.29 is 19.2 Å². The molecule has 3 aromatic rings. The Morgan fingerprint density at radius 3 is 2.73 bits per heavy atom. The summed E-state index contributed by atoms with van der Waals surface area (Å²) in [5.74, 6) is 1.37. The van der Waals surface area contributed by atoms with Crippen molar-refractivity contribution in [2.45, 2.75) is 32.0 Å². The van der Waals surface area contributed by atoms with Crippen LogP contribution in [0.3, 0.4) is 0 Å². The molecule has 156 valence electrons. The minimum atomic E-state index is -0.771. The number of amides is 1. The van der Waals surface area contributed by atoms with Gasteiger partial charge >= 0.3 is 6.09 Å². The van der Waals surface area contributed by atoms with Crippen LogP contribution in [0.15, 0.2) is 41.1 Å². The van der Waals surface area contributed by atoms with E-state index in [1.54, 1.807) is 37.3 Å². The number of cyclic esters (lactones) is 1. The number of hydrogen-bond acceptors (Lipinski definition) is 9.